The molecule has 0 bridgehead atoms. The average molecular weight is 412 g/mol. The highest BCUT2D eigenvalue weighted by atomic mass is 15.0. The number of nitriles is 1. The fourth-order valence-electron chi connectivity index (χ4n) is 4.03. The second-order valence-corrected chi connectivity index (χ2v) is 8.20. The van der Waals surface area contributed by atoms with Crippen LogP contribution < -0.4 is 16.0 Å². The van der Waals surface area contributed by atoms with Gasteiger partial charge in [-0.2, -0.15) is 5.26 Å². The molecule has 1 aliphatic heterocycles. The van der Waals surface area contributed by atoms with Gasteiger partial charge in [0.05, 0.1) is 28.7 Å². The molecule has 5 heteroatoms. The number of hydrogen-bond donors (Lipinski definition) is 3. The molecule has 3 N–H and O–H groups in total. The van der Waals surface area contributed by atoms with Crippen LogP contribution in [-0.2, 0) is 6.54 Å². The summed E-state index contributed by atoms with van der Waals surface area (Å²) in [5.74, 6) is 0.637. The van der Waals surface area contributed by atoms with Crippen molar-refractivity contribution in [2.75, 3.05) is 32.0 Å². The van der Waals surface area contributed by atoms with Gasteiger partial charge in [-0.3, -0.25) is 0 Å². The third kappa shape index (κ3) is 4.93. The van der Waals surface area contributed by atoms with E-state index in [0.717, 1.165) is 53.4 Å². The highest BCUT2D eigenvalue weighted by molar-refractivity contribution is 5.84. The summed E-state index contributed by atoms with van der Waals surface area (Å²) in [7, 11) is 1.95. The van der Waals surface area contributed by atoms with Crippen molar-refractivity contribution in [1.29, 1.82) is 5.26 Å². The Labute approximate surface area is 184 Å². The van der Waals surface area contributed by atoms with Crippen molar-refractivity contribution in [3.63, 3.8) is 0 Å². The van der Waals surface area contributed by atoms with Gasteiger partial charge in [-0.25, -0.2) is 4.98 Å². The van der Waals surface area contributed by atoms with Crippen molar-refractivity contribution >= 4 is 5.69 Å². The molecular weight excluding hydrogens is 382 g/mol. The molecule has 31 heavy (non-hydrogen) atoms. The van der Waals surface area contributed by atoms with Crippen LogP contribution in [0.4, 0.5) is 5.69 Å². The summed E-state index contributed by atoms with van der Waals surface area (Å²) in [5, 5.41) is 19.6. The first-order chi connectivity index (χ1) is 15.2. The Kier molecular flexibility index (Phi) is 6.61. The molecule has 5 nitrogen and oxygen atoms in total. The molecule has 4 rings (SSSR count). The molecule has 1 aromatic heterocycles. The van der Waals surface area contributed by atoms with Gasteiger partial charge in [-0.15, -0.1) is 0 Å². The molecule has 0 radical (unpaired) electrons. The van der Waals surface area contributed by atoms with Crippen LogP contribution in [0, 0.1) is 24.2 Å². The summed E-state index contributed by atoms with van der Waals surface area (Å²) >= 11 is 0. The zero-order valence-corrected chi connectivity index (χ0v) is 18.2. The number of anilines is 1. The maximum Gasteiger partial charge on any atom is 0.0991 e. The average Bonchev–Trinajstić information content (AvgIpc) is 3.32. The summed E-state index contributed by atoms with van der Waals surface area (Å²) in [4.78, 5) is 5.12. The number of nitrogens with one attached hydrogen (secondary N) is 3. The standard InChI is InChI=1S/C26H29N5/c1-18-3-7-22(8-4-18)26-23(21-9-5-19(14-27)6-10-21)13-24(25(31-26)17-28-2)30-16-20-11-12-29-15-20/h3-10,13,20,28-30H,11-12,15-17H2,1-2H3. The molecule has 0 aliphatic carbocycles. The number of pyridine rings is 1. The molecular formula is C26H29N5. The summed E-state index contributed by atoms with van der Waals surface area (Å²) in [6, 6.07) is 20.7. The van der Waals surface area contributed by atoms with Crippen molar-refractivity contribution in [3.05, 3.63) is 71.4 Å². The Balaban J connectivity index is 1.79. The predicted molar refractivity (Wildman–Crippen MR) is 127 cm³/mol. The normalized spacial score (nSPS) is 15.6. The lowest BCUT2D eigenvalue weighted by atomic mass is 9.96. The third-order valence-electron chi connectivity index (χ3n) is 5.84. The fourth-order valence-corrected chi connectivity index (χ4v) is 4.03. The number of hydrogen-bond acceptors (Lipinski definition) is 5. The minimum atomic E-state index is 0.637. The summed E-state index contributed by atoms with van der Waals surface area (Å²) < 4.78 is 0. The Bertz CT molecular complexity index is 1060. The maximum absolute atomic E-state index is 9.19. The number of rotatable bonds is 7. The van der Waals surface area contributed by atoms with E-state index >= 15 is 0 Å². The number of benzene rings is 2. The molecule has 0 saturated carbocycles. The van der Waals surface area contributed by atoms with Crippen LogP contribution in [0.2, 0.25) is 0 Å². The van der Waals surface area contributed by atoms with Gasteiger partial charge in [0.15, 0.2) is 0 Å². The molecule has 1 saturated heterocycles. The first-order valence-corrected chi connectivity index (χ1v) is 10.9. The van der Waals surface area contributed by atoms with E-state index in [1.807, 2.05) is 31.3 Å². The quantitative estimate of drug-likeness (QED) is 0.539. The predicted octanol–water partition coefficient (Wildman–Crippen LogP) is 4.34. The van der Waals surface area contributed by atoms with E-state index in [1.165, 1.54) is 12.0 Å². The Morgan fingerprint density at radius 3 is 2.48 bits per heavy atom. The monoisotopic (exact) mass is 411 g/mol. The summed E-state index contributed by atoms with van der Waals surface area (Å²) in [6.07, 6.45) is 1.20. The lowest BCUT2D eigenvalue weighted by Gasteiger charge is -2.19. The zero-order valence-electron chi connectivity index (χ0n) is 18.2. The maximum atomic E-state index is 9.19. The van der Waals surface area contributed by atoms with Crippen LogP contribution in [0.25, 0.3) is 22.4 Å². The number of aryl methyl sites for hydroxylation is 1. The topological polar surface area (TPSA) is 72.8 Å². The van der Waals surface area contributed by atoms with Gasteiger partial charge in [-0.1, -0.05) is 42.0 Å². The Morgan fingerprint density at radius 1 is 1.10 bits per heavy atom. The van der Waals surface area contributed by atoms with E-state index in [1.54, 1.807) is 0 Å². The molecule has 0 amide bonds. The molecule has 3 aromatic rings. The van der Waals surface area contributed by atoms with E-state index in [0.29, 0.717) is 18.0 Å². The molecule has 0 spiro atoms. The second-order valence-electron chi connectivity index (χ2n) is 8.20. The largest absolute Gasteiger partial charge is 0.383 e. The lowest BCUT2D eigenvalue weighted by Crippen LogP contribution is -2.19. The van der Waals surface area contributed by atoms with Crippen molar-refractivity contribution in [1.82, 2.24) is 15.6 Å². The van der Waals surface area contributed by atoms with Gasteiger partial charge >= 0.3 is 0 Å². The van der Waals surface area contributed by atoms with Gasteiger partial charge in [0.2, 0.25) is 0 Å². The molecule has 1 atom stereocenters. The van der Waals surface area contributed by atoms with Crippen molar-refractivity contribution < 1.29 is 0 Å². The Hall–Kier alpha value is -3.20. The van der Waals surface area contributed by atoms with E-state index in [-0.39, 0.29) is 0 Å². The number of aromatic nitrogens is 1. The SMILES string of the molecule is CNCc1nc(-c2ccc(C)cc2)c(-c2ccc(C#N)cc2)cc1NCC1CCNC1. The highest BCUT2D eigenvalue weighted by Crippen LogP contribution is 2.35. The molecule has 2 heterocycles. The summed E-state index contributed by atoms with van der Waals surface area (Å²) in [5.41, 5.74) is 8.15. The van der Waals surface area contributed by atoms with Crippen LogP contribution in [0.15, 0.2) is 54.6 Å². The van der Waals surface area contributed by atoms with Gasteiger partial charge in [0, 0.05) is 24.2 Å². The van der Waals surface area contributed by atoms with Crippen LogP contribution in [-0.4, -0.2) is 31.7 Å². The van der Waals surface area contributed by atoms with Crippen molar-refractivity contribution in [2.45, 2.75) is 19.9 Å². The minimum absolute atomic E-state index is 0.637. The van der Waals surface area contributed by atoms with Gasteiger partial charge in [-0.05, 0) is 63.2 Å². The second kappa shape index (κ2) is 9.74. The van der Waals surface area contributed by atoms with Crippen molar-refractivity contribution in [2.24, 2.45) is 5.92 Å². The third-order valence-corrected chi connectivity index (χ3v) is 5.84. The fraction of sp³-hybridized carbons (Fsp3) is 0.308. The van der Waals surface area contributed by atoms with Crippen molar-refractivity contribution in [3.8, 4) is 28.5 Å². The zero-order chi connectivity index (χ0) is 21.6. The van der Waals surface area contributed by atoms with Crippen LogP contribution in [0.5, 0.6) is 0 Å². The minimum Gasteiger partial charge on any atom is -0.383 e. The summed E-state index contributed by atoms with van der Waals surface area (Å²) in [6.45, 7) is 5.87. The lowest BCUT2D eigenvalue weighted by molar-refractivity contribution is 0.614. The van der Waals surface area contributed by atoms with E-state index in [9.17, 15) is 5.26 Å². The molecule has 1 unspecified atom stereocenters. The number of nitrogens with zero attached hydrogens (tertiary/aromatic N) is 2. The van der Waals surface area contributed by atoms with Gasteiger partial charge < -0.3 is 16.0 Å². The van der Waals surface area contributed by atoms with Crippen LogP contribution in [0.3, 0.4) is 0 Å². The van der Waals surface area contributed by atoms with Crippen LogP contribution >= 0.6 is 0 Å². The first-order valence-electron chi connectivity index (χ1n) is 10.9. The van der Waals surface area contributed by atoms with Gasteiger partial charge in [0.1, 0.15) is 0 Å². The van der Waals surface area contributed by atoms with E-state index in [2.05, 4.69) is 59.3 Å². The molecule has 158 valence electrons. The van der Waals surface area contributed by atoms with E-state index < -0.39 is 0 Å². The molecule has 1 aliphatic rings. The first kappa shape index (κ1) is 21.0. The molecule has 1 fully saturated rings. The highest BCUT2D eigenvalue weighted by Gasteiger charge is 2.18. The molecule has 2 aromatic carbocycles. The van der Waals surface area contributed by atoms with Crippen LogP contribution in [0.1, 0.15) is 23.2 Å². The van der Waals surface area contributed by atoms with Gasteiger partial charge in [0.25, 0.3) is 0 Å². The van der Waals surface area contributed by atoms with E-state index in [4.69, 9.17) is 4.98 Å². The Morgan fingerprint density at radius 2 is 1.84 bits per heavy atom. The smallest absolute Gasteiger partial charge is 0.0991 e.